The maximum absolute atomic E-state index is 12.6. The van der Waals surface area contributed by atoms with Crippen LogP contribution in [0.3, 0.4) is 0 Å². The summed E-state index contributed by atoms with van der Waals surface area (Å²) in [6.45, 7) is 1.75. The lowest BCUT2D eigenvalue weighted by atomic mass is 10.2. The van der Waals surface area contributed by atoms with E-state index >= 15 is 0 Å². The zero-order valence-electron chi connectivity index (χ0n) is 11.2. The average molecular weight is 281 g/mol. The number of hydrogen-bond acceptors (Lipinski definition) is 4. The van der Waals surface area contributed by atoms with Gasteiger partial charge in [0.05, 0.1) is 16.0 Å². The van der Waals surface area contributed by atoms with E-state index in [4.69, 9.17) is 0 Å². The van der Waals surface area contributed by atoms with Crippen molar-refractivity contribution in [2.75, 3.05) is 0 Å². The molecule has 0 unspecified atom stereocenters. The van der Waals surface area contributed by atoms with E-state index < -0.39 is 4.92 Å². The van der Waals surface area contributed by atoms with Crippen LogP contribution in [0, 0.1) is 17.0 Å². The molecule has 0 atom stereocenters. The lowest BCUT2D eigenvalue weighted by Crippen LogP contribution is -2.13. The molecule has 0 aliphatic carbocycles. The predicted molar refractivity (Wildman–Crippen MR) is 77.3 cm³/mol. The molecule has 0 bridgehead atoms. The number of imidazole rings is 1. The van der Waals surface area contributed by atoms with Crippen LogP contribution in [0.4, 0.5) is 5.69 Å². The Kier molecular flexibility index (Phi) is 2.98. The first-order chi connectivity index (χ1) is 10.1. The average Bonchev–Trinajstić information content (AvgIpc) is 2.82. The Morgan fingerprint density at radius 3 is 2.48 bits per heavy atom. The Morgan fingerprint density at radius 1 is 1.14 bits per heavy atom. The summed E-state index contributed by atoms with van der Waals surface area (Å²) in [5.74, 6) is 0.329. The van der Waals surface area contributed by atoms with Crippen molar-refractivity contribution in [1.29, 1.82) is 0 Å². The molecule has 6 nitrogen and oxygen atoms in total. The van der Waals surface area contributed by atoms with Crippen LogP contribution in [0.15, 0.2) is 48.5 Å². The topological polar surface area (TPSA) is 78.0 Å². The third-order valence-electron chi connectivity index (χ3n) is 3.26. The molecule has 3 rings (SSSR count). The maximum atomic E-state index is 12.6. The van der Waals surface area contributed by atoms with Crippen molar-refractivity contribution in [2.45, 2.75) is 6.92 Å². The Hall–Kier alpha value is -3.02. The minimum Gasteiger partial charge on any atom is -0.268 e. The molecule has 0 saturated heterocycles. The van der Waals surface area contributed by atoms with Gasteiger partial charge in [-0.15, -0.1) is 0 Å². The molecule has 0 N–H and O–H groups in total. The summed E-state index contributed by atoms with van der Waals surface area (Å²) >= 11 is 0. The van der Waals surface area contributed by atoms with Crippen LogP contribution in [-0.2, 0) is 0 Å². The molecule has 104 valence electrons. The highest BCUT2D eigenvalue weighted by atomic mass is 16.6. The molecule has 6 heteroatoms. The van der Waals surface area contributed by atoms with Gasteiger partial charge in [-0.1, -0.05) is 12.1 Å². The number of aryl methyl sites for hydroxylation is 1. The molecule has 0 fully saturated rings. The molecule has 0 amide bonds. The monoisotopic (exact) mass is 281 g/mol. The van der Waals surface area contributed by atoms with E-state index in [9.17, 15) is 14.9 Å². The Labute approximate surface area is 119 Å². The minimum absolute atomic E-state index is 0.0428. The Morgan fingerprint density at radius 2 is 1.81 bits per heavy atom. The predicted octanol–water partition coefficient (Wildman–Crippen LogP) is 2.94. The fraction of sp³-hybridized carbons (Fsp3) is 0.0667. The van der Waals surface area contributed by atoms with Gasteiger partial charge in [-0.25, -0.2) is 4.98 Å². The molecule has 1 heterocycles. The van der Waals surface area contributed by atoms with E-state index in [0.717, 1.165) is 11.0 Å². The zero-order valence-corrected chi connectivity index (χ0v) is 11.2. The number of hydrogen-bond donors (Lipinski definition) is 0. The molecule has 0 aliphatic heterocycles. The van der Waals surface area contributed by atoms with Crippen molar-refractivity contribution >= 4 is 22.6 Å². The van der Waals surface area contributed by atoms with Gasteiger partial charge in [-0.05, 0) is 31.2 Å². The third-order valence-corrected chi connectivity index (χ3v) is 3.26. The van der Waals surface area contributed by atoms with Crippen molar-refractivity contribution in [3.63, 3.8) is 0 Å². The number of carbonyl (C=O) groups is 1. The number of benzene rings is 2. The number of rotatable bonds is 2. The molecule has 1 aromatic heterocycles. The van der Waals surface area contributed by atoms with E-state index in [1.165, 1.54) is 28.8 Å². The molecule has 3 aromatic rings. The van der Waals surface area contributed by atoms with Crippen LogP contribution in [-0.4, -0.2) is 20.4 Å². The fourth-order valence-electron chi connectivity index (χ4n) is 2.26. The van der Waals surface area contributed by atoms with Crippen LogP contribution in [0.25, 0.3) is 11.0 Å². The summed E-state index contributed by atoms with van der Waals surface area (Å²) in [5, 5.41) is 10.6. The number of nitrogens with zero attached hydrogens (tertiary/aromatic N) is 3. The highest BCUT2D eigenvalue weighted by Gasteiger charge is 2.16. The number of para-hydroxylation sites is 2. The van der Waals surface area contributed by atoms with Crippen LogP contribution in [0.1, 0.15) is 16.2 Å². The van der Waals surface area contributed by atoms with Crippen molar-refractivity contribution in [1.82, 2.24) is 9.55 Å². The lowest BCUT2D eigenvalue weighted by molar-refractivity contribution is -0.384. The Balaban J connectivity index is 2.08. The van der Waals surface area contributed by atoms with Gasteiger partial charge in [0.25, 0.3) is 11.6 Å². The summed E-state index contributed by atoms with van der Waals surface area (Å²) in [5.41, 5.74) is 1.80. The molecule has 0 radical (unpaired) electrons. The van der Waals surface area contributed by atoms with Gasteiger partial charge in [0.15, 0.2) is 0 Å². The lowest BCUT2D eigenvalue weighted by Gasteiger charge is -2.05. The van der Waals surface area contributed by atoms with Crippen molar-refractivity contribution in [3.8, 4) is 0 Å². The van der Waals surface area contributed by atoms with E-state index in [1.807, 2.05) is 24.3 Å². The van der Waals surface area contributed by atoms with Crippen molar-refractivity contribution in [3.05, 3.63) is 70.0 Å². The summed E-state index contributed by atoms with van der Waals surface area (Å²) in [4.78, 5) is 27.1. The fourth-order valence-corrected chi connectivity index (χ4v) is 2.26. The van der Waals surface area contributed by atoms with Gasteiger partial charge >= 0.3 is 0 Å². The summed E-state index contributed by atoms with van der Waals surface area (Å²) in [6.07, 6.45) is 0. The van der Waals surface area contributed by atoms with Crippen LogP contribution in [0.5, 0.6) is 0 Å². The van der Waals surface area contributed by atoms with Gasteiger partial charge in [0.1, 0.15) is 5.82 Å². The smallest absolute Gasteiger partial charge is 0.268 e. The normalized spacial score (nSPS) is 10.7. The molecule has 0 saturated carbocycles. The van der Waals surface area contributed by atoms with Crippen LogP contribution in [0.2, 0.25) is 0 Å². The molecular weight excluding hydrogens is 270 g/mol. The summed E-state index contributed by atoms with van der Waals surface area (Å²) < 4.78 is 1.51. The second kappa shape index (κ2) is 4.82. The van der Waals surface area contributed by atoms with Gasteiger partial charge < -0.3 is 0 Å². The minimum atomic E-state index is -0.494. The van der Waals surface area contributed by atoms with Gasteiger partial charge in [-0.2, -0.15) is 0 Å². The first-order valence-corrected chi connectivity index (χ1v) is 6.31. The van der Waals surface area contributed by atoms with Crippen molar-refractivity contribution < 1.29 is 9.72 Å². The molecule has 2 aromatic carbocycles. The number of nitro benzene ring substituents is 1. The molecule has 0 spiro atoms. The maximum Gasteiger partial charge on any atom is 0.269 e. The molecular formula is C15H11N3O3. The van der Waals surface area contributed by atoms with Gasteiger partial charge in [-0.3, -0.25) is 19.5 Å². The number of fused-ring (bicyclic) bond motifs is 1. The highest BCUT2D eigenvalue weighted by molar-refractivity contribution is 6.01. The summed E-state index contributed by atoms with van der Waals surface area (Å²) in [6, 6.07) is 12.9. The zero-order chi connectivity index (χ0) is 15.0. The number of non-ortho nitro benzene ring substituents is 1. The van der Waals surface area contributed by atoms with Crippen LogP contribution < -0.4 is 0 Å². The van der Waals surface area contributed by atoms with E-state index in [0.29, 0.717) is 11.4 Å². The highest BCUT2D eigenvalue weighted by Crippen LogP contribution is 2.19. The third kappa shape index (κ3) is 2.16. The first kappa shape index (κ1) is 13.0. The second-order valence-corrected chi connectivity index (χ2v) is 4.59. The van der Waals surface area contributed by atoms with Gasteiger partial charge in [0.2, 0.25) is 0 Å². The summed E-state index contributed by atoms with van der Waals surface area (Å²) in [7, 11) is 0. The van der Waals surface area contributed by atoms with Crippen molar-refractivity contribution in [2.24, 2.45) is 0 Å². The van der Waals surface area contributed by atoms with E-state index in [-0.39, 0.29) is 11.6 Å². The molecule has 21 heavy (non-hydrogen) atoms. The number of carbonyl (C=O) groups excluding carboxylic acids is 1. The SMILES string of the molecule is Cc1nc2ccccc2n1C(=O)c1ccc([N+](=O)[O-])cc1. The van der Waals surface area contributed by atoms with E-state index in [2.05, 4.69) is 4.98 Å². The largest absolute Gasteiger partial charge is 0.269 e. The standard InChI is InChI=1S/C15H11N3O3/c1-10-16-13-4-2-3-5-14(13)17(10)15(19)11-6-8-12(9-7-11)18(20)21/h2-9H,1H3. The van der Waals surface area contributed by atoms with Gasteiger partial charge in [0, 0.05) is 17.7 Å². The second-order valence-electron chi connectivity index (χ2n) is 4.59. The number of aromatic nitrogens is 2. The molecule has 0 aliphatic rings. The first-order valence-electron chi connectivity index (χ1n) is 6.31. The van der Waals surface area contributed by atoms with E-state index in [1.54, 1.807) is 6.92 Å². The Bertz CT molecular complexity index is 850. The quantitative estimate of drug-likeness (QED) is 0.534. The number of nitro groups is 1. The van der Waals surface area contributed by atoms with Crippen LogP contribution >= 0.6 is 0 Å².